The minimum atomic E-state index is 0.286. The number of anilines is 1. The predicted molar refractivity (Wildman–Crippen MR) is 64.1 cm³/mol. The third-order valence-electron chi connectivity index (χ3n) is 2.08. The highest BCUT2D eigenvalue weighted by Gasteiger charge is 2.10. The first-order chi connectivity index (χ1) is 6.40. The molecule has 1 N–H and O–H groups in total. The Labute approximate surface area is 91.5 Å². The van der Waals surface area contributed by atoms with Gasteiger partial charge in [-0.15, -0.1) is 0 Å². The Balaban J connectivity index is 2.73. The van der Waals surface area contributed by atoms with Crippen LogP contribution in [0.3, 0.4) is 0 Å². The van der Waals surface area contributed by atoms with Crippen LogP contribution in [0, 0.1) is 12.3 Å². The molecule has 0 aliphatic heterocycles. The monoisotopic (exact) mass is 211 g/mol. The normalized spacial score (nSPS) is 11.5. The smallest absolute Gasteiger partial charge is 0.0455 e. The topological polar surface area (TPSA) is 12.0 Å². The van der Waals surface area contributed by atoms with Crippen molar-refractivity contribution in [3.8, 4) is 0 Å². The molecule has 0 bridgehead atoms. The summed E-state index contributed by atoms with van der Waals surface area (Å²) in [6.45, 7) is 9.61. The molecule has 1 rings (SSSR count). The number of hydrogen-bond acceptors (Lipinski definition) is 1. The lowest BCUT2D eigenvalue weighted by atomic mass is 9.97. The summed E-state index contributed by atoms with van der Waals surface area (Å²) in [4.78, 5) is 0. The van der Waals surface area contributed by atoms with Gasteiger partial charge in [-0.3, -0.25) is 0 Å². The zero-order valence-electron chi connectivity index (χ0n) is 9.32. The third kappa shape index (κ3) is 3.22. The van der Waals surface area contributed by atoms with E-state index in [2.05, 4.69) is 32.2 Å². The van der Waals surface area contributed by atoms with Crippen LogP contribution in [-0.4, -0.2) is 6.54 Å². The van der Waals surface area contributed by atoms with E-state index in [1.807, 2.05) is 19.1 Å². The molecule has 0 unspecified atom stereocenters. The molecule has 14 heavy (non-hydrogen) atoms. The highest BCUT2D eigenvalue weighted by molar-refractivity contribution is 6.31. The fourth-order valence-electron chi connectivity index (χ4n) is 1.16. The first-order valence-electron chi connectivity index (χ1n) is 4.89. The number of rotatable bonds is 2. The van der Waals surface area contributed by atoms with Gasteiger partial charge in [-0.2, -0.15) is 0 Å². The first-order valence-corrected chi connectivity index (χ1v) is 5.27. The van der Waals surface area contributed by atoms with E-state index in [9.17, 15) is 0 Å². The summed E-state index contributed by atoms with van der Waals surface area (Å²) in [5, 5.41) is 4.23. The molecule has 0 aromatic heterocycles. The second-order valence-corrected chi connectivity index (χ2v) is 5.23. The minimum absolute atomic E-state index is 0.286. The predicted octanol–water partition coefficient (Wildman–Crippen LogP) is 4.11. The van der Waals surface area contributed by atoms with Gasteiger partial charge in [0.2, 0.25) is 0 Å². The van der Waals surface area contributed by atoms with Crippen LogP contribution in [0.1, 0.15) is 26.3 Å². The largest absolute Gasteiger partial charge is 0.384 e. The van der Waals surface area contributed by atoms with E-state index >= 15 is 0 Å². The molecule has 1 aromatic carbocycles. The summed E-state index contributed by atoms with van der Waals surface area (Å²) in [7, 11) is 0. The van der Waals surface area contributed by atoms with Crippen LogP contribution in [0.25, 0.3) is 0 Å². The lowest BCUT2D eigenvalue weighted by Gasteiger charge is -2.20. The molecular formula is C12H18ClN. The number of nitrogens with one attached hydrogen (secondary N) is 1. The molecule has 78 valence electrons. The maximum Gasteiger partial charge on any atom is 0.0455 e. The quantitative estimate of drug-likeness (QED) is 0.777. The summed E-state index contributed by atoms with van der Waals surface area (Å²) in [6.07, 6.45) is 0. The molecule has 0 fully saturated rings. The van der Waals surface area contributed by atoms with Crippen LogP contribution in [0.2, 0.25) is 5.02 Å². The van der Waals surface area contributed by atoms with Crippen LogP contribution < -0.4 is 5.32 Å². The number of halogens is 1. The van der Waals surface area contributed by atoms with Gasteiger partial charge in [-0.05, 0) is 30.0 Å². The van der Waals surface area contributed by atoms with Gasteiger partial charge < -0.3 is 5.32 Å². The van der Waals surface area contributed by atoms with Crippen molar-refractivity contribution in [2.24, 2.45) is 5.41 Å². The van der Waals surface area contributed by atoms with Crippen molar-refractivity contribution in [1.82, 2.24) is 0 Å². The minimum Gasteiger partial charge on any atom is -0.384 e. The van der Waals surface area contributed by atoms with E-state index in [0.717, 1.165) is 22.8 Å². The van der Waals surface area contributed by atoms with Gasteiger partial charge in [0.15, 0.2) is 0 Å². The van der Waals surface area contributed by atoms with Crippen molar-refractivity contribution >= 4 is 17.3 Å². The summed E-state index contributed by atoms with van der Waals surface area (Å²) >= 11 is 6.02. The fourth-order valence-corrected chi connectivity index (χ4v) is 1.33. The maximum absolute atomic E-state index is 6.02. The van der Waals surface area contributed by atoms with Crippen LogP contribution in [0.4, 0.5) is 5.69 Å². The standard InChI is InChI=1S/C12H18ClN/c1-9-10(13)6-5-7-11(9)14-8-12(2,3)4/h5-7,14H,8H2,1-4H3. The van der Waals surface area contributed by atoms with E-state index < -0.39 is 0 Å². The van der Waals surface area contributed by atoms with Crippen LogP contribution in [0.15, 0.2) is 18.2 Å². The maximum atomic E-state index is 6.02. The molecule has 1 nitrogen and oxygen atoms in total. The Morgan fingerprint density at radius 1 is 1.29 bits per heavy atom. The average Bonchev–Trinajstić information content (AvgIpc) is 2.06. The van der Waals surface area contributed by atoms with Gasteiger partial charge in [0.1, 0.15) is 0 Å². The molecule has 0 aliphatic rings. The zero-order valence-corrected chi connectivity index (χ0v) is 10.1. The molecule has 0 aliphatic carbocycles. The van der Waals surface area contributed by atoms with E-state index in [0.29, 0.717) is 0 Å². The highest BCUT2D eigenvalue weighted by atomic mass is 35.5. The van der Waals surface area contributed by atoms with E-state index in [4.69, 9.17) is 11.6 Å². The van der Waals surface area contributed by atoms with Crippen molar-refractivity contribution in [3.05, 3.63) is 28.8 Å². The van der Waals surface area contributed by atoms with Gasteiger partial charge in [0, 0.05) is 17.3 Å². The molecule has 0 saturated heterocycles. The van der Waals surface area contributed by atoms with Crippen molar-refractivity contribution in [2.45, 2.75) is 27.7 Å². The van der Waals surface area contributed by atoms with E-state index in [1.165, 1.54) is 0 Å². The molecule has 2 heteroatoms. The van der Waals surface area contributed by atoms with Crippen molar-refractivity contribution in [1.29, 1.82) is 0 Å². The van der Waals surface area contributed by atoms with E-state index in [-0.39, 0.29) is 5.41 Å². The Bertz CT molecular complexity index is 313. The Kier molecular flexibility index (Phi) is 3.43. The molecule has 0 amide bonds. The van der Waals surface area contributed by atoms with Crippen LogP contribution >= 0.6 is 11.6 Å². The Morgan fingerprint density at radius 3 is 2.50 bits per heavy atom. The summed E-state index contributed by atoms with van der Waals surface area (Å²) in [6, 6.07) is 5.95. The van der Waals surface area contributed by atoms with Crippen molar-refractivity contribution in [3.63, 3.8) is 0 Å². The van der Waals surface area contributed by atoms with Gasteiger partial charge in [0.05, 0.1) is 0 Å². The van der Waals surface area contributed by atoms with Crippen LogP contribution in [-0.2, 0) is 0 Å². The molecule has 0 saturated carbocycles. The Hall–Kier alpha value is -0.690. The average molecular weight is 212 g/mol. The van der Waals surface area contributed by atoms with Gasteiger partial charge >= 0.3 is 0 Å². The fraction of sp³-hybridized carbons (Fsp3) is 0.500. The molecular weight excluding hydrogens is 194 g/mol. The van der Waals surface area contributed by atoms with Gasteiger partial charge in [-0.25, -0.2) is 0 Å². The second kappa shape index (κ2) is 4.22. The van der Waals surface area contributed by atoms with Gasteiger partial charge in [0.25, 0.3) is 0 Å². The van der Waals surface area contributed by atoms with E-state index in [1.54, 1.807) is 0 Å². The van der Waals surface area contributed by atoms with Crippen molar-refractivity contribution < 1.29 is 0 Å². The molecule has 0 spiro atoms. The SMILES string of the molecule is Cc1c(Cl)cccc1NCC(C)(C)C. The molecule has 1 aromatic rings. The molecule has 0 atom stereocenters. The lowest BCUT2D eigenvalue weighted by Crippen LogP contribution is -2.19. The van der Waals surface area contributed by atoms with Crippen LogP contribution in [0.5, 0.6) is 0 Å². The lowest BCUT2D eigenvalue weighted by molar-refractivity contribution is 0.443. The summed E-state index contributed by atoms with van der Waals surface area (Å²) < 4.78 is 0. The van der Waals surface area contributed by atoms with Gasteiger partial charge in [-0.1, -0.05) is 38.4 Å². The second-order valence-electron chi connectivity index (χ2n) is 4.83. The number of benzene rings is 1. The Morgan fingerprint density at radius 2 is 1.93 bits per heavy atom. The number of hydrogen-bond donors (Lipinski definition) is 1. The molecule has 0 heterocycles. The first kappa shape index (κ1) is 11.4. The highest BCUT2D eigenvalue weighted by Crippen LogP contribution is 2.24. The van der Waals surface area contributed by atoms with Crippen molar-refractivity contribution in [2.75, 3.05) is 11.9 Å². The summed E-state index contributed by atoms with van der Waals surface area (Å²) in [5.41, 5.74) is 2.54. The summed E-state index contributed by atoms with van der Waals surface area (Å²) in [5.74, 6) is 0. The third-order valence-corrected chi connectivity index (χ3v) is 2.49. The zero-order chi connectivity index (χ0) is 10.8. The molecule has 0 radical (unpaired) electrons.